The Morgan fingerprint density at radius 2 is 1.52 bits per heavy atom. The van der Waals surface area contributed by atoms with E-state index in [2.05, 4.69) is 9.47 Å². The van der Waals surface area contributed by atoms with Gasteiger partial charge in [0.05, 0.1) is 33.0 Å². The fourth-order valence-electron chi connectivity index (χ4n) is 2.16. The minimum atomic E-state index is -0.695. The number of carbonyl (C=O) groups is 2. The molecule has 2 aliphatic heterocycles. The van der Waals surface area contributed by atoms with Crippen molar-refractivity contribution >= 4 is 12.3 Å². The molecule has 132 valence electrons. The van der Waals surface area contributed by atoms with E-state index in [0.29, 0.717) is 6.42 Å². The van der Waals surface area contributed by atoms with Crippen LogP contribution in [0.1, 0.15) is 13.3 Å². The zero-order valence-corrected chi connectivity index (χ0v) is 13.0. The van der Waals surface area contributed by atoms with E-state index in [1.807, 2.05) is 6.92 Å². The lowest BCUT2D eigenvalue weighted by atomic mass is 9.88. The van der Waals surface area contributed by atoms with Gasteiger partial charge in [0.25, 0.3) is 0 Å². The molecule has 2 saturated heterocycles. The van der Waals surface area contributed by atoms with Gasteiger partial charge in [0, 0.05) is 5.41 Å². The standard InChI is InChI=1S/C14H22O9/c1-2-14(7-15,8-18-3-10-5-20-12(16)22-10)9-19-4-11-6-21-13(17)23-11/h10-11,15H,2-9H2,1H3. The molecular formula is C14H22O9. The van der Waals surface area contributed by atoms with E-state index in [0.717, 1.165) is 0 Å². The van der Waals surface area contributed by atoms with Crippen LogP contribution in [0, 0.1) is 5.41 Å². The van der Waals surface area contributed by atoms with E-state index in [1.165, 1.54) is 0 Å². The van der Waals surface area contributed by atoms with Crippen molar-refractivity contribution in [1.82, 2.24) is 0 Å². The Bertz CT molecular complexity index is 373. The lowest BCUT2D eigenvalue weighted by Gasteiger charge is -2.30. The van der Waals surface area contributed by atoms with Crippen molar-refractivity contribution < 1.29 is 43.1 Å². The Kier molecular flexibility index (Phi) is 6.43. The van der Waals surface area contributed by atoms with E-state index in [9.17, 15) is 14.7 Å². The summed E-state index contributed by atoms with van der Waals surface area (Å²) in [6, 6.07) is 0. The Labute approximate surface area is 133 Å². The zero-order chi connectivity index (χ0) is 16.7. The molecule has 0 aliphatic carbocycles. The van der Waals surface area contributed by atoms with E-state index in [4.69, 9.17) is 18.9 Å². The maximum atomic E-state index is 10.8. The molecule has 0 saturated carbocycles. The second-order valence-corrected chi connectivity index (χ2v) is 5.64. The highest BCUT2D eigenvalue weighted by atomic mass is 16.8. The number of hydrogen-bond acceptors (Lipinski definition) is 9. The van der Waals surface area contributed by atoms with Crippen LogP contribution in [-0.2, 0) is 28.4 Å². The number of rotatable bonds is 10. The molecule has 0 bridgehead atoms. The second-order valence-electron chi connectivity index (χ2n) is 5.64. The molecule has 2 unspecified atom stereocenters. The molecular weight excluding hydrogens is 312 g/mol. The van der Waals surface area contributed by atoms with Crippen molar-refractivity contribution in [3.63, 3.8) is 0 Å². The number of ether oxygens (including phenoxy) is 6. The second kappa shape index (κ2) is 8.32. The van der Waals surface area contributed by atoms with Crippen LogP contribution in [0.15, 0.2) is 0 Å². The monoisotopic (exact) mass is 334 g/mol. The zero-order valence-electron chi connectivity index (χ0n) is 13.0. The van der Waals surface area contributed by atoms with Gasteiger partial charge in [0.1, 0.15) is 13.2 Å². The topological polar surface area (TPSA) is 110 Å². The summed E-state index contributed by atoms with van der Waals surface area (Å²) in [7, 11) is 0. The first-order chi connectivity index (χ1) is 11.1. The highest BCUT2D eigenvalue weighted by Gasteiger charge is 2.32. The number of hydrogen-bond donors (Lipinski definition) is 1. The van der Waals surface area contributed by atoms with E-state index in [-0.39, 0.29) is 46.2 Å². The lowest BCUT2D eigenvalue weighted by molar-refractivity contribution is -0.0748. The number of aliphatic hydroxyl groups excluding tert-OH is 1. The van der Waals surface area contributed by atoms with Crippen molar-refractivity contribution in [2.75, 3.05) is 46.2 Å². The third-order valence-electron chi connectivity index (χ3n) is 3.81. The molecule has 0 spiro atoms. The summed E-state index contributed by atoms with van der Waals surface area (Å²) in [4.78, 5) is 21.6. The summed E-state index contributed by atoms with van der Waals surface area (Å²) < 4.78 is 30.1. The van der Waals surface area contributed by atoms with Crippen LogP contribution in [-0.4, -0.2) is 75.9 Å². The Morgan fingerprint density at radius 3 is 1.83 bits per heavy atom. The molecule has 2 rings (SSSR count). The minimum Gasteiger partial charge on any atom is -0.430 e. The van der Waals surface area contributed by atoms with Gasteiger partial charge in [-0.15, -0.1) is 0 Å². The van der Waals surface area contributed by atoms with Crippen molar-refractivity contribution in [2.45, 2.75) is 25.6 Å². The van der Waals surface area contributed by atoms with Gasteiger partial charge < -0.3 is 33.5 Å². The molecule has 2 atom stereocenters. The van der Waals surface area contributed by atoms with Crippen molar-refractivity contribution in [3.8, 4) is 0 Å². The molecule has 2 aliphatic rings. The quantitative estimate of drug-likeness (QED) is 0.570. The molecule has 23 heavy (non-hydrogen) atoms. The van der Waals surface area contributed by atoms with Gasteiger partial charge in [-0.25, -0.2) is 9.59 Å². The average molecular weight is 334 g/mol. The van der Waals surface area contributed by atoms with Crippen LogP contribution < -0.4 is 0 Å². The maximum Gasteiger partial charge on any atom is 0.508 e. The molecule has 0 aromatic rings. The smallest absolute Gasteiger partial charge is 0.430 e. The van der Waals surface area contributed by atoms with E-state index in [1.54, 1.807) is 0 Å². The summed E-state index contributed by atoms with van der Waals surface area (Å²) in [5.74, 6) is 0. The molecule has 0 amide bonds. The highest BCUT2D eigenvalue weighted by molar-refractivity contribution is 5.62. The normalized spacial score (nSPS) is 26.2. The molecule has 2 heterocycles. The van der Waals surface area contributed by atoms with Crippen LogP contribution in [0.25, 0.3) is 0 Å². The van der Waals surface area contributed by atoms with Crippen LogP contribution in [0.3, 0.4) is 0 Å². The van der Waals surface area contributed by atoms with Gasteiger partial charge >= 0.3 is 12.3 Å². The van der Waals surface area contributed by atoms with Crippen LogP contribution in [0.2, 0.25) is 0 Å². The van der Waals surface area contributed by atoms with Gasteiger partial charge in [0.15, 0.2) is 12.2 Å². The number of aliphatic hydroxyl groups is 1. The highest BCUT2D eigenvalue weighted by Crippen LogP contribution is 2.23. The molecule has 9 nitrogen and oxygen atoms in total. The number of carbonyl (C=O) groups excluding carboxylic acids is 2. The molecule has 0 aromatic carbocycles. The molecule has 1 N–H and O–H groups in total. The van der Waals surface area contributed by atoms with Crippen molar-refractivity contribution in [1.29, 1.82) is 0 Å². The first-order valence-corrected chi connectivity index (χ1v) is 7.50. The predicted molar refractivity (Wildman–Crippen MR) is 73.9 cm³/mol. The summed E-state index contributed by atoms with van der Waals surface area (Å²) in [6.45, 7) is 3.01. The van der Waals surface area contributed by atoms with Crippen molar-refractivity contribution in [2.24, 2.45) is 5.41 Å². The Hall–Kier alpha value is -1.58. The van der Waals surface area contributed by atoms with Gasteiger partial charge in [-0.2, -0.15) is 0 Å². The predicted octanol–water partition coefficient (Wildman–Crippen LogP) is 0.479. The fraction of sp³-hybridized carbons (Fsp3) is 0.857. The van der Waals surface area contributed by atoms with E-state index >= 15 is 0 Å². The summed E-state index contributed by atoms with van der Waals surface area (Å²) in [5.41, 5.74) is -0.576. The summed E-state index contributed by atoms with van der Waals surface area (Å²) >= 11 is 0. The largest absolute Gasteiger partial charge is 0.508 e. The lowest BCUT2D eigenvalue weighted by Crippen LogP contribution is -2.38. The molecule has 0 radical (unpaired) electrons. The molecule has 0 aromatic heterocycles. The Morgan fingerprint density at radius 1 is 1.04 bits per heavy atom. The van der Waals surface area contributed by atoms with Gasteiger partial charge in [-0.3, -0.25) is 0 Å². The molecule has 2 fully saturated rings. The van der Waals surface area contributed by atoms with Crippen LogP contribution >= 0.6 is 0 Å². The maximum absolute atomic E-state index is 10.8. The molecule has 9 heteroatoms. The number of cyclic esters (lactones) is 4. The average Bonchev–Trinajstić information content (AvgIpc) is 3.14. The van der Waals surface area contributed by atoms with Gasteiger partial charge in [-0.1, -0.05) is 6.92 Å². The summed E-state index contributed by atoms with van der Waals surface area (Å²) in [6.07, 6.45) is -1.61. The first kappa shape index (κ1) is 17.8. The SMILES string of the molecule is CCC(CO)(COCC1COC(=O)O1)COCC1COC(=O)O1. The van der Waals surface area contributed by atoms with Crippen LogP contribution in [0.4, 0.5) is 9.59 Å². The third kappa shape index (κ3) is 5.22. The third-order valence-corrected chi connectivity index (χ3v) is 3.81. The van der Waals surface area contributed by atoms with Crippen LogP contribution in [0.5, 0.6) is 0 Å². The fourth-order valence-corrected chi connectivity index (χ4v) is 2.16. The minimum absolute atomic E-state index is 0.120. The Balaban J connectivity index is 1.69. The van der Waals surface area contributed by atoms with Gasteiger partial charge in [-0.05, 0) is 6.42 Å². The summed E-state index contributed by atoms with van der Waals surface area (Å²) in [5, 5.41) is 9.66. The van der Waals surface area contributed by atoms with Crippen molar-refractivity contribution in [3.05, 3.63) is 0 Å². The first-order valence-electron chi connectivity index (χ1n) is 7.50. The van der Waals surface area contributed by atoms with E-state index < -0.39 is 29.9 Å². The van der Waals surface area contributed by atoms with Gasteiger partial charge in [0.2, 0.25) is 0 Å².